The summed E-state index contributed by atoms with van der Waals surface area (Å²) < 4.78 is 85.3. The number of ether oxygens (including phenoxy) is 1. The Labute approximate surface area is 284 Å². The normalized spacial score (nSPS) is 14.8. The van der Waals surface area contributed by atoms with E-state index in [1.165, 1.54) is 27.8 Å². The first kappa shape index (κ1) is 35.5. The molecule has 0 aliphatic carbocycles. The molecule has 0 N–H and O–H groups in total. The Balaban J connectivity index is 1.57. The second-order valence-corrected chi connectivity index (χ2v) is 16.2. The largest absolute Gasteiger partial charge is 0.444 e. The number of hydrogen-bond acceptors (Lipinski definition) is 9. The van der Waals surface area contributed by atoms with E-state index < -0.39 is 68.0 Å². The van der Waals surface area contributed by atoms with Gasteiger partial charge in [-0.1, -0.05) is 72.3 Å². The Morgan fingerprint density at radius 1 is 0.875 bits per heavy atom. The minimum absolute atomic E-state index is 0.0356. The average Bonchev–Trinajstić information content (AvgIpc) is 3.45. The quantitative estimate of drug-likeness (QED) is 0.174. The molecule has 0 spiro atoms. The van der Waals surface area contributed by atoms with Crippen LogP contribution in [0.1, 0.15) is 37.6 Å². The van der Waals surface area contributed by atoms with Gasteiger partial charge in [-0.2, -0.15) is 21.9 Å². The van der Waals surface area contributed by atoms with E-state index in [-0.39, 0.29) is 18.1 Å². The van der Waals surface area contributed by atoms with Gasteiger partial charge in [-0.05, 0) is 56.2 Å². The average molecular weight is 720 g/mol. The number of carbonyl (C=O) groups is 1. The van der Waals surface area contributed by atoms with Gasteiger partial charge in [0.2, 0.25) is 0 Å². The van der Waals surface area contributed by atoms with Crippen LogP contribution >= 0.6 is 11.6 Å². The molecule has 3 aromatic carbocycles. The molecule has 0 fully saturated rings. The molecule has 4 aromatic rings. The van der Waals surface area contributed by atoms with Crippen molar-refractivity contribution in [3.8, 4) is 11.3 Å². The number of benzene rings is 3. The van der Waals surface area contributed by atoms with Crippen molar-refractivity contribution < 1.29 is 39.1 Å². The van der Waals surface area contributed by atoms with E-state index in [9.17, 15) is 26.0 Å². The van der Waals surface area contributed by atoms with Gasteiger partial charge < -0.3 is 4.74 Å². The fourth-order valence-corrected chi connectivity index (χ4v) is 7.51. The smallest absolute Gasteiger partial charge is 0.410 e. The maximum absolute atomic E-state index is 14.0. The van der Waals surface area contributed by atoms with Crippen LogP contribution in [0.5, 0.6) is 0 Å². The molecule has 0 radical (unpaired) electrons. The van der Waals surface area contributed by atoms with Gasteiger partial charge in [-0.15, -0.1) is 0 Å². The van der Waals surface area contributed by atoms with E-state index in [4.69, 9.17) is 29.8 Å². The monoisotopic (exact) mass is 719 g/mol. The van der Waals surface area contributed by atoms with Crippen molar-refractivity contribution in [1.29, 1.82) is 0 Å². The first-order valence-corrected chi connectivity index (χ1v) is 18.4. The molecule has 0 saturated heterocycles. The summed E-state index contributed by atoms with van der Waals surface area (Å²) in [4.78, 5) is 14.8. The van der Waals surface area contributed by atoms with Gasteiger partial charge in [0.15, 0.2) is 0 Å². The molecule has 0 bridgehead atoms. The van der Waals surface area contributed by atoms with Crippen molar-refractivity contribution in [1.82, 2.24) is 14.7 Å². The van der Waals surface area contributed by atoms with E-state index in [0.29, 0.717) is 28.1 Å². The summed E-state index contributed by atoms with van der Waals surface area (Å²) in [5.41, 5.74) is -0.503. The molecule has 48 heavy (non-hydrogen) atoms. The second-order valence-electron chi connectivity index (χ2n) is 12.5. The summed E-state index contributed by atoms with van der Waals surface area (Å²) in [5, 5.41) is 4.54. The Morgan fingerprint density at radius 3 is 1.92 bits per heavy atom. The van der Waals surface area contributed by atoms with Crippen molar-refractivity contribution in [2.45, 2.75) is 50.0 Å². The first-order chi connectivity index (χ1) is 22.5. The Hall–Kier alpha value is -3.82. The molecule has 1 aliphatic heterocycles. The SMILES string of the molecule is CC(C)(C)OC(=O)N1Cc2cc(-c3ccc(F)c(Cl)c3)nn2C(COS(=O)(=O)Cc2ccccc2)(COS(=O)(=O)Cc2ccccc2)C1. The molecule has 15 heteroatoms. The number of hydrogen-bond donors (Lipinski definition) is 0. The van der Waals surface area contributed by atoms with Gasteiger partial charge in [0, 0.05) is 5.56 Å². The number of nitrogens with zero attached hydrogens (tertiary/aromatic N) is 3. The number of rotatable bonds is 11. The molecule has 2 heterocycles. The summed E-state index contributed by atoms with van der Waals surface area (Å²) >= 11 is 6.05. The van der Waals surface area contributed by atoms with Gasteiger partial charge >= 0.3 is 6.09 Å². The molecule has 0 unspecified atom stereocenters. The molecule has 5 rings (SSSR count). The fraction of sp³-hybridized carbons (Fsp3) is 0.333. The Kier molecular flexibility index (Phi) is 10.3. The van der Waals surface area contributed by atoms with Crippen LogP contribution in [0.25, 0.3) is 11.3 Å². The highest BCUT2D eigenvalue weighted by molar-refractivity contribution is 7.86. The van der Waals surface area contributed by atoms with Crippen LogP contribution < -0.4 is 0 Å². The van der Waals surface area contributed by atoms with Crippen LogP contribution in [0.15, 0.2) is 84.9 Å². The molecule has 0 atom stereocenters. The molecule has 1 aromatic heterocycles. The van der Waals surface area contributed by atoms with E-state index in [1.54, 1.807) is 87.5 Å². The third-order valence-corrected chi connectivity index (χ3v) is 9.94. The number of fused-ring (bicyclic) bond motifs is 1. The van der Waals surface area contributed by atoms with Crippen molar-refractivity contribution in [2.24, 2.45) is 0 Å². The van der Waals surface area contributed by atoms with Crippen LogP contribution in [0, 0.1) is 5.82 Å². The van der Waals surface area contributed by atoms with Crippen LogP contribution in [0.2, 0.25) is 5.02 Å². The standard InChI is InChI=1S/C33H35ClFN3O8S2/c1-32(2,3)46-31(39)37-18-27-17-30(26-14-15-29(35)28(34)16-26)36-38(27)33(21-37,22-44-47(40,41)19-24-10-6-4-7-11-24)23-45-48(42,43)20-25-12-8-5-9-13-25/h4-17H,18-23H2,1-3H3. The zero-order valence-corrected chi connectivity index (χ0v) is 28.9. The second kappa shape index (κ2) is 14.0. The van der Waals surface area contributed by atoms with Gasteiger partial charge in [-0.3, -0.25) is 17.9 Å². The highest BCUT2D eigenvalue weighted by atomic mass is 35.5. The topological polar surface area (TPSA) is 134 Å². The predicted molar refractivity (Wildman–Crippen MR) is 177 cm³/mol. The minimum atomic E-state index is -4.24. The van der Waals surface area contributed by atoms with Crippen molar-refractivity contribution in [3.63, 3.8) is 0 Å². The van der Waals surface area contributed by atoms with Crippen LogP contribution in [-0.4, -0.2) is 63.0 Å². The Morgan fingerprint density at radius 2 is 1.42 bits per heavy atom. The van der Waals surface area contributed by atoms with E-state index >= 15 is 0 Å². The maximum Gasteiger partial charge on any atom is 0.410 e. The molecular formula is C33H35ClFN3O8S2. The highest BCUT2D eigenvalue weighted by Gasteiger charge is 2.46. The van der Waals surface area contributed by atoms with Crippen LogP contribution in [-0.2, 0) is 56.9 Å². The van der Waals surface area contributed by atoms with Crippen molar-refractivity contribution in [2.75, 3.05) is 19.8 Å². The van der Waals surface area contributed by atoms with E-state index in [2.05, 4.69) is 0 Å². The van der Waals surface area contributed by atoms with E-state index in [1.807, 2.05) is 0 Å². The summed E-state index contributed by atoms with van der Waals surface area (Å²) in [6.45, 7) is 3.46. The number of aromatic nitrogens is 2. The maximum atomic E-state index is 14.0. The lowest BCUT2D eigenvalue weighted by atomic mass is 9.98. The first-order valence-electron chi connectivity index (χ1n) is 14.9. The third kappa shape index (κ3) is 8.99. The van der Waals surface area contributed by atoms with Gasteiger partial charge in [0.1, 0.15) is 28.5 Å². The molecule has 11 nitrogen and oxygen atoms in total. The fourth-order valence-electron chi connectivity index (χ4n) is 5.16. The van der Waals surface area contributed by atoms with Crippen LogP contribution in [0.4, 0.5) is 9.18 Å². The zero-order valence-electron chi connectivity index (χ0n) is 26.5. The zero-order chi connectivity index (χ0) is 34.7. The lowest BCUT2D eigenvalue weighted by molar-refractivity contribution is -0.0138. The summed E-state index contributed by atoms with van der Waals surface area (Å²) in [7, 11) is -8.48. The molecular weight excluding hydrogens is 685 g/mol. The molecule has 256 valence electrons. The molecule has 1 aliphatic rings. The number of carbonyl (C=O) groups excluding carboxylic acids is 1. The minimum Gasteiger partial charge on any atom is -0.444 e. The number of halogens is 2. The summed E-state index contributed by atoms with van der Waals surface area (Å²) in [6.07, 6.45) is -0.731. The summed E-state index contributed by atoms with van der Waals surface area (Å²) in [6, 6.07) is 22.4. The molecule has 1 amide bonds. The third-order valence-electron chi connectivity index (χ3n) is 7.32. The highest BCUT2D eigenvalue weighted by Crippen LogP contribution is 2.34. The predicted octanol–water partition coefficient (Wildman–Crippen LogP) is 5.88. The Bertz CT molecular complexity index is 1910. The lowest BCUT2D eigenvalue weighted by Crippen LogP contribution is -2.58. The lowest BCUT2D eigenvalue weighted by Gasteiger charge is -2.42. The van der Waals surface area contributed by atoms with Gasteiger partial charge in [0.05, 0.1) is 42.7 Å². The van der Waals surface area contributed by atoms with Gasteiger partial charge in [-0.25, -0.2) is 9.18 Å². The van der Waals surface area contributed by atoms with Crippen LogP contribution in [0.3, 0.4) is 0 Å². The van der Waals surface area contributed by atoms with Gasteiger partial charge in [0.25, 0.3) is 20.2 Å². The summed E-state index contributed by atoms with van der Waals surface area (Å²) in [5.74, 6) is -1.56. The molecule has 0 saturated carbocycles. The van der Waals surface area contributed by atoms with Crippen molar-refractivity contribution >= 4 is 37.9 Å². The van der Waals surface area contributed by atoms with Crippen molar-refractivity contribution in [3.05, 3.63) is 113 Å². The number of amides is 1. The van der Waals surface area contributed by atoms with E-state index in [0.717, 1.165) is 0 Å².